The fourth-order valence-corrected chi connectivity index (χ4v) is 4.14. The molecule has 23 heavy (non-hydrogen) atoms. The second-order valence-corrected chi connectivity index (χ2v) is 8.19. The first-order valence-electron chi connectivity index (χ1n) is 11.0. The Hall–Kier alpha value is -0.0400. The molecule has 0 amide bonds. The predicted molar refractivity (Wildman–Crippen MR) is 104 cm³/mol. The molecule has 1 radical (unpaired) electrons. The highest BCUT2D eigenvalue weighted by atomic mass is 14.7. The summed E-state index contributed by atoms with van der Waals surface area (Å²) in [4.78, 5) is 0. The van der Waals surface area contributed by atoms with Gasteiger partial charge in [0, 0.05) is 5.54 Å². The highest BCUT2D eigenvalue weighted by molar-refractivity contribution is 4.86. The molecule has 0 aromatic carbocycles. The first-order valence-corrected chi connectivity index (χ1v) is 11.0. The lowest BCUT2D eigenvalue weighted by Gasteiger charge is -2.32. The van der Waals surface area contributed by atoms with Crippen LogP contribution < -0.4 is 5.73 Å². The molecule has 0 aromatic heterocycles. The summed E-state index contributed by atoms with van der Waals surface area (Å²) in [6.07, 6.45) is 27.5. The van der Waals surface area contributed by atoms with E-state index in [0.717, 1.165) is 0 Å². The first kappa shape index (κ1) is 21.0. The van der Waals surface area contributed by atoms with Crippen LogP contribution in [0.5, 0.6) is 0 Å². The summed E-state index contributed by atoms with van der Waals surface area (Å²) in [6, 6.07) is 0. The zero-order valence-corrected chi connectivity index (χ0v) is 16.1. The van der Waals surface area contributed by atoms with Gasteiger partial charge in [0.1, 0.15) is 0 Å². The lowest BCUT2D eigenvalue weighted by molar-refractivity contribution is 0.259. The Labute approximate surface area is 147 Å². The van der Waals surface area contributed by atoms with Gasteiger partial charge in [-0.1, -0.05) is 116 Å². The minimum absolute atomic E-state index is 0.0324. The molecule has 1 N–H and O–H groups in total. The monoisotopic (exact) mass is 322 g/mol. The summed E-state index contributed by atoms with van der Waals surface area (Å²) in [5.41, 5.74) is 8.45. The third kappa shape index (κ3) is 12.0. The maximum atomic E-state index is 8.48. The Balaban J connectivity index is 1.74. The molecular weight excluding hydrogens is 278 g/mol. The molecule has 0 bridgehead atoms. The molecule has 0 saturated heterocycles. The molecule has 0 aliphatic heterocycles. The molecular formula is C22H44N. The maximum absolute atomic E-state index is 8.48. The molecule has 1 aliphatic carbocycles. The van der Waals surface area contributed by atoms with E-state index in [2.05, 4.69) is 6.92 Å². The van der Waals surface area contributed by atoms with Crippen LogP contribution in [0.4, 0.5) is 0 Å². The third-order valence-corrected chi connectivity index (χ3v) is 5.82. The van der Waals surface area contributed by atoms with Gasteiger partial charge in [-0.25, -0.2) is 0 Å². The fourth-order valence-electron chi connectivity index (χ4n) is 4.14. The van der Waals surface area contributed by atoms with Crippen molar-refractivity contribution in [2.24, 2.45) is 0 Å². The minimum atomic E-state index is -0.0324. The van der Waals surface area contributed by atoms with Crippen molar-refractivity contribution in [3.05, 3.63) is 0 Å². The number of hydrogen-bond donors (Lipinski definition) is 0. The van der Waals surface area contributed by atoms with Gasteiger partial charge in [-0.15, -0.1) is 0 Å². The molecule has 0 heterocycles. The Bertz CT molecular complexity index is 242. The van der Waals surface area contributed by atoms with Crippen molar-refractivity contribution in [1.82, 2.24) is 5.73 Å². The summed E-state index contributed by atoms with van der Waals surface area (Å²) in [6.45, 7) is 2.29. The molecule has 1 heteroatoms. The van der Waals surface area contributed by atoms with Crippen LogP contribution in [0.15, 0.2) is 0 Å². The maximum Gasteiger partial charge on any atom is 0.0324 e. The van der Waals surface area contributed by atoms with Crippen LogP contribution in [0.2, 0.25) is 0 Å². The topological polar surface area (TPSA) is 23.8 Å². The minimum Gasteiger partial charge on any atom is -0.251 e. The van der Waals surface area contributed by atoms with Gasteiger partial charge in [0.15, 0.2) is 0 Å². The molecule has 0 unspecified atom stereocenters. The van der Waals surface area contributed by atoms with Crippen molar-refractivity contribution >= 4 is 0 Å². The SMILES string of the molecule is CCCCCCCCCCCCCCCCC1([NH])CCCCC1. The molecule has 1 fully saturated rings. The molecule has 1 nitrogen and oxygen atoms in total. The number of hydrogen-bond acceptors (Lipinski definition) is 0. The molecule has 1 saturated carbocycles. The van der Waals surface area contributed by atoms with Crippen molar-refractivity contribution in [3.8, 4) is 0 Å². The summed E-state index contributed by atoms with van der Waals surface area (Å²) < 4.78 is 0. The van der Waals surface area contributed by atoms with Crippen molar-refractivity contribution in [2.75, 3.05) is 0 Å². The van der Waals surface area contributed by atoms with E-state index in [4.69, 9.17) is 5.73 Å². The molecule has 0 atom stereocenters. The van der Waals surface area contributed by atoms with Crippen LogP contribution in [-0.4, -0.2) is 5.54 Å². The van der Waals surface area contributed by atoms with E-state index in [9.17, 15) is 0 Å². The van der Waals surface area contributed by atoms with E-state index < -0.39 is 0 Å². The first-order chi connectivity index (χ1) is 11.3. The Morgan fingerprint density at radius 3 is 1.39 bits per heavy atom. The van der Waals surface area contributed by atoms with Crippen molar-refractivity contribution < 1.29 is 0 Å². The normalized spacial score (nSPS) is 17.5. The Morgan fingerprint density at radius 1 is 0.565 bits per heavy atom. The summed E-state index contributed by atoms with van der Waals surface area (Å²) in [5.74, 6) is 0. The van der Waals surface area contributed by atoms with Crippen LogP contribution in [0.1, 0.15) is 135 Å². The second kappa shape index (κ2) is 14.3. The van der Waals surface area contributed by atoms with Crippen LogP contribution in [0.25, 0.3) is 0 Å². The second-order valence-electron chi connectivity index (χ2n) is 8.19. The van der Waals surface area contributed by atoms with Crippen LogP contribution in [0.3, 0.4) is 0 Å². The largest absolute Gasteiger partial charge is 0.251 e. The predicted octanol–water partition coefficient (Wildman–Crippen LogP) is 7.84. The number of rotatable bonds is 15. The lowest BCUT2D eigenvalue weighted by Crippen LogP contribution is -2.33. The number of unbranched alkanes of at least 4 members (excludes halogenated alkanes) is 13. The highest BCUT2D eigenvalue weighted by Crippen LogP contribution is 2.31. The van der Waals surface area contributed by atoms with Gasteiger partial charge in [-0.05, 0) is 19.3 Å². The molecule has 1 aliphatic rings. The summed E-state index contributed by atoms with van der Waals surface area (Å²) >= 11 is 0. The smallest absolute Gasteiger partial charge is 0.0324 e. The average molecular weight is 323 g/mol. The van der Waals surface area contributed by atoms with E-state index >= 15 is 0 Å². The van der Waals surface area contributed by atoms with E-state index in [1.807, 2.05) is 0 Å². The van der Waals surface area contributed by atoms with Crippen LogP contribution >= 0.6 is 0 Å². The van der Waals surface area contributed by atoms with Gasteiger partial charge in [-0.3, -0.25) is 5.73 Å². The number of nitrogens with one attached hydrogen (secondary N) is 1. The molecule has 1 rings (SSSR count). The Morgan fingerprint density at radius 2 is 0.957 bits per heavy atom. The summed E-state index contributed by atoms with van der Waals surface area (Å²) in [7, 11) is 0. The van der Waals surface area contributed by atoms with Crippen molar-refractivity contribution in [2.45, 2.75) is 141 Å². The van der Waals surface area contributed by atoms with Gasteiger partial charge >= 0.3 is 0 Å². The lowest BCUT2D eigenvalue weighted by atomic mass is 9.79. The molecule has 137 valence electrons. The highest BCUT2D eigenvalue weighted by Gasteiger charge is 2.27. The average Bonchev–Trinajstić information content (AvgIpc) is 2.56. The fraction of sp³-hybridized carbons (Fsp3) is 1.00. The van der Waals surface area contributed by atoms with Gasteiger partial charge in [0.2, 0.25) is 0 Å². The van der Waals surface area contributed by atoms with Crippen molar-refractivity contribution in [3.63, 3.8) is 0 Å². The van der Waals surface area contributed by atoms with Crippen LogP contribution in [0, 0.1) is 0 Å². The zero-order chi connectivity index (χ0) is 16.6. The standard InChI is InChI=1S/C22H44N/c1-2-3-4-5-6-7-8-9-10-11-12-13-14-16-19-22(23)20-17-15-18-21-22/h23H,2-21H2,1H3. The van der Waals surface area contributed by atoms with Crippen molar-refractivity contribution in [1.29, 1.82) is 0 Å². The van der Waals surface area contributed by atoms with Gasteiger partial charge in [0.05, 0.1) is 0 Å². The van der Waals surface area contributed by atoms with E-state index in [1.54, 1.807) is 0 Å². The Kier molecular flexibility index (Phi) is 13.1. The van der Waals surface area contributed by atoms with Gasteiger partial charge in [-0.2, -0.15) is 0 Å². The van der Waals surface area contributed by atoms with E-state index in [1.165, 1.54) is 128 Å². The summed E-state index contributed by atoms with van der Waals surface area (Å²) in [5, 5.41) is 0. The van der Waals surface area contributed by atoms with Gasteiger partial charge in [0.25, 0.3) is 0 Å². The van der Waals surface area contributed by atoms with Crippen LogP contribution in [-0.2, 0) is 0 Å². The van der Waals surface area contributed by atoms with E-state index in [0.29, 0.717) is 0 Å². The molecule has 0 spiro atoms. The van der Waals surface area contributed by atoms with E-state index in [-0.39, 0.29) is 5.54 Å². The third-order valence-electron chi connectivity index (χ3n) is 5.82. The quantitative estimate of drug-likeness (QED) is 0.274. The zero-order valence-electron chi connectivity index (χ0n) is 16.1. The van der Waals surface area contributed by atoms with Gasteiger partial charge < -0.3 is 0 Å². The molecule has 0 aromatic rings.